The van der Waals surface area contributed by atoms with Gasteiger partial charge in [-0.25, -0.2) is 9.78 Å². The number of rotatable bonds is 5. The van der Waals surface area contributed by atoms with Gasteiger partial charge in [0.15, 0.2) is 5.58 Å². The molecule has 1 aliphatic heterocycles. The van der Waals surface area contributed by atoms with Crippen molar-refractivity contribution in [2.45, 2.75) is 20.4 Å². The van der Waals surface area contributed by atoms with Gasteiger partial charge in [-0.3, -0.25) is 4.90 Å². The molecular weight excluding hydrogens is 364 g/mol. The molecule has 1 aromatic heterocycles. The van der Waals surface area contributed by atoms with E-state index < -0.39 is 0 Å². The monoisotopic (exact) mass is 392 g/mol. The molecular formula is C23H28N4O2. The Morgan fingerprint density at radius 2 is 1.83 bits per heavy atom. The molecule has 3 aromatic rings. The summed E-state index contributed by atoms with van der Waals surface area (Å²) in [5.41, 5.74) is 4.00. The van der Waals surface area contributed by atoms with Crippen molar-refractivity contribution in [3.8, 4) is 11.1 Å². The lowest BCUT2D eigenvalue weighted by Gasteiger charge is -2.34. The number of piperazine rings is 1. The first-order valence-corrected chi connectivity index (χ1v) is 10.3. The van der Waals surface area contributed by atoms with Crippen LogP contribution >= 0.6 is 0 Å². The van der Waals surface area contributed by atoms with Crippen LogP contribution in [0.5, 0.6) is 0 Å². The molecule has 0 atom stereocenters. The number of fused-ring (bicyclic) bond motifs is 1. The molecule has 2 aromatic carbocycles. The second kappa shape index (κ2) is 8.66. The summed E-state index contributed by atoms with van der Waals surface area (Å²) in [6, 6.07) is 16.5. The molecule has 0 radical (unpaired) electrons. The summed E-state index contributed by atoms with van der Waals surface area (Å²) in [5, 5.41) is 2.99. The van der Waals surface area contributed by atoms with Crippen LogP contribution in [0.15, 0.2) is 52.9 Å². The van der Waals surface area contributed by atoms with Gasteiger partial charge in [0.2, 0.25) is 5.89 Å². The van der Waals surface area contributed by atoms with Gasteiger partial charge in [-0.15, -0.1) is 0 Å². The molecule has 0 bridgehead atoms. The number of nitrogens with one attached hydrogen (secondary N) is 1. The predicted octanol–water partition coefficient (Wildman–Crippen LogP) is 3.98. The largest absolute Gasteiger partial charge is 0.439 e. The number of carbonyl (C=O) groups is 1. The van der Waals surface area contributed by atoms with E-state index in [1.165, 1.54) is 5.56 Å². The van der Waals surface area contributed by atoms with Gasteiger partial charge in [-0.05, 0) is 29.2 Å². The summed E-state index contributed by atoms with van der Waals surface area (Å²) in [4.78, 5) is 21.1. The second-order valence-electron chi connectivity index (χ2n) is 8.00. The molecule has 6 heteroatoms. The topological polar surface area (TPSA) is 61.6 Å². The van der Waals surface area contributed by atoms with Crippen molar-refractivity contribution in [1.29, 1.82) is 0 Å². The quantitative estimate of drug-likeness (QED) is 0.713. The third-order valence-corrected chi connectivity index (χ3v) is 5.22. The molecule has 1 fully saturated rings. The van der Waals surface area contributed by atoms with Crippen LogP contribution < -0.4 is 5.32 Å². The number of hydrogen-bond acceptors (Lipinski definition) is 4. The third kappa shape index (κ3) is 4.77. The van der Waals surface area contributed by atoms with Crippen LogP contribution in [-0.2, 0) is 6.54 Å². The maximum Gasteiger partial charge on any atom is 0.317 e. The zero-order valence-electron chi connectivity index (χ0n) is 17.1. The number of carbonyl (C=O) groups excluding carboxylic acids is 1. The van der Waals surface area contributed by atoms with Crippen molar-refractivity contribution in [2.24, 2.45) is 5.92 Å². The maximum atomic E-state index is 12.2. The number of oxazole rings is 1. The van der Waals surface area contributed by atoms with Crippen LogP contribution in [0.1, 0.15) is 19.7 Å². The molecule has 0 aliphatic carbocycles. The predicted molar refractivity (Wildman–Crippen MR) is 115 cm³/mol. The SMILES string of the molecule is CC(C)CNC(=O)N1CCN(Cc2nc3cc(-c4ccccc4)ccc3o2)CC1. The first kappa shape index (κ1) is 19.5. The van der Waals surface area contributed by atoms with Crippen LogP contribution in [0, 0.1) is 5.92 Å². The van der Waals surface area contributed by atoms with Crippen molar-refractivity contribution >= 4 is 17.1 Å². The van der Waals surface area contributed by atoms with Gasteiger partial charge in [-0.1, -0.05) is 50.2 Å². The van der Waals surface area contributed by atoms with Gasteiger partial charge in [-0.2, -0.15) is 0 Å². The average molecular weight is 393 g/mol. The Hall–Kier alpha value is -2.86. The average Bonchev–Trinajstić information content (AvgIpc) is 3.14. The molecule has 0 saturated carbocycles. The van der Waals surface area contributed by atoms with Crippen LogP contribution in [0.25, 0.3) is 22.2 Å². The van der Waals surface area contributed by atoms with Crippen molar-refractivity contribution in [3.05, 3.63) is 54.4 Å². The van der Waals surface area contributed by atoms with Crippen LogP contribution in [-0.4, -0.2) is 53.5 Å². The van der Waals surface area contributed by atoms with Crippen molar-refractivity contribution in [2.75, 3.05) is 32.7 Å². The van der Waals surface area contributed by atoms with E-state index in [0.29, 0.717) is 19.0 Å². The molecule has 4 rings (SSSR count). The standard InChI is InChI=1S/C23H28N4O2/c1-17(2)15-24-23(28)27-12-10-26(11-13-27)16-22-25-20-14-19(8-9-21(20)29-22)18-6-4-3-5-7-18/h3-9,14,17H,10-13,15-16H2,1-2H3,(H,24,28). The molecule has 152 valence electrons. The van der Waals surface area contributed by atoms with Gasteiger partial charge >= 0.3 is 6.03 Å². The Kier molecular flexibility index (Phi) is 5.81. The Bertz CT molecular complexity index is 959. The summed E-state index contributed by atoms with van der Waals surface area (Å²) in [5.74, 6) is 1.18. The molecule has 0 spiro atoms. The summed E-state index contributed by atoms with van der Waals surface area (Å²) in [7, 11) is 0. The lowest BCUT2D eigenvalue weighted by Crippen LogP contribution is -2.51. The highest BCUT2D eigenvalue weighted by Gasteiger charge is 2.22. The van der Waals surface area contributed by atoms with Gasteiger partial charge < -0.3 is 14.6 Å². The minimum Gasteiger partial charge on any atom is -0.439 e. The number of urea groups is 1. The number of nitrogens with zero attached hydrogens (tertiary/aromatic N) is 3. The zero-order valence-corrected chi connectivity index (χ0v) is 17.1. The molecule has 2 amide bonds. The number of benzene rings is 2. The smallest absolute Gasteiger partial charge is 0.317 e. The number of hydrogen-bond donors (Lipinski definition) is 1. The molecule has 1 saturated heterocycles. The lowest BCUT2D eigenvalue weighted by atomic mass is 10.1. The Labute approximate surface area is 171 Å². The highest BCUT2D eigenvalue weighted by molar-refractivity contribution is 5.80. The fraction of sp³-hybridized carbons (Fsp3) is 0.391. The van der Waals surface area contributed by atoms with Crippen molar-refractivity contribution < 1.29 is 9.21 Å². The van der Waals surface area contributed by atoms with Crippen LogP contribution in [0.3, 0.4) is 0 Å². The first-order valence-electron chi connectivity index (χ1n) is 10.3. The third-order valence-electron chi connectivity index (χ3n) is 5.22. The number of aromatic nitrogens is 1. The summed E-state index contributed by atoms with van der Waals surface area (Å²) in [6.45, 7) is 8.67. The highest BCUT2D eigenvalue weighted by Crippen LogP contribution is 2.25. The fourth-order valence-corrected chi connectivity index (χ4v) is 3.56. The summed E-state index contributed by atoms with van der Waals surface area (Å²) in [6.07, 6.45) is 0. The van der Waals surface area contributed by atoms with Crippen LogP contribution in [0.4, 0.5) is 4.79 Å². The van der Waals surface area contributed by atoms with E-state index in [0.717, 1.165) is 48.7 Å². The molecule has 6 nitrogen and oxygen atoms in total. The second-order valence-corrected chi connectivity index (χ2v) is 8.00. The lowest BCUT2D eigenvalue weighted by molar-refractivity contribution is 0.129. The van der Waals surface area contributed by atoms with E-state index in [9.17, 15) is 4.79 Å². The van der Waals surface area contributed by atoms with E-state index >= 15 is 0 Å². The van der Waals surface area contributed by atoms with E-state index in [1.54, 1.807) is 0 Å². The van der Waals surface area contributed by atoms with E-state index in [-0.39, 0.29) is 6.03 Å². The minimum absolute atomic E-state index is 0.0358. The molecule has 2 heterocycles. The Morgan fingerprint density at radius 3 is 2.55 bits per heavy atom. The van der Waals surface area contributed by atoms with Gasteiger partial charge in [0, 0.05) is 32.7 Å². The van der Waals surface area contributed by atoms with Crippen molar-refractivity contribution in [1.82, 2.24) is 20.1 Å². The number of amides is 2. The Morgan fingerprint density at radius 1 is 1.07 bits per heavy atom. The van der Waals surface area contributed by atoms with Gasteiger partial charge in [0.05, 0.1) is 6.54 Å². The highest BCUT2D eigenvalue weighted by atomic mass is 16.3. The van der Waals surface area contributed by atoms with Gasteiger partial charge in [0.25, 0.3) is 0 Å². The summed E-state index contributed by atoms with van der Waals surface area (Å²) >= 11 is 0. The van der Waals surface area contributed by atoms with Crippen LogP contribution in [0.2, 0.25) is 0 Å². The first-order chi connectivity index (χ1) is 14.1. The zero-order chi connectivity index (χ0) is 20.2. The van der Waals surface area contributed by atoms with E-state index in [4.69, 9.17) is 9.40 Å². The normalized spacial score (nSPS) is 15.2. The van der Waals surface area contributed by atoms with E-state index in [2.05, 4.69) is 48.3 Å². The summed E-state index contributed by atoms with van der Waals surface area (Å²) < 4.78 is 5.96. The maximum absolute atomic E-state index is 12.2. The van der Waals surface area contributed by atoms with E-state index in [1.807, 2.05) is 29.2 Å². The molecule has 1 aliphatic rings. The molecule has 1 N–H and O–H groups in total. The molecule has 0 unspecified atom stereocenters. The Balaban J connectivity index is 1.36. The minimum atomic E-state index is 0.0358. The molecule has 29 heavy (non-hydrogen) atoms. The van der Waals surface area contributed by atoms with Crippen molar-refractivity contribution in [3.63, 3.8) is 0 Å². The fourth-order valence-electron chi connectivity index (χ4n) is 3.56. The van der Waals surface area contributed by atoms with Gasteiger partial charge in [0.1, 0.15) is 5.52 Å².